The van der Waals surface area contributed by atoms with Gasteiger partial charge in [0, 0.05) is 18.4 Å². The van der Waals surface area contributed by atoms with Crippen LogP contribution in [-0.4, -0.2) is 18.5 Å². The second-order valence-electron chi connectivity index (χ2n) is 4.02. The lowest BCUT2D eigenvalue weighted by molar-refractivity contribution is -0.146. The van der Waals surface area contributed by atoms with Crippen LogP contribution in [-0.2, 0) is 25.7 Å². The van der Waals surface area contributed by atoms with Gasteiger partial charge in [0.15, 0.2) is 0 Å². The van der Waals surface area contributed by atoms with Crippen molar-refractivity contribution in [3.8, 4) is 0 Å². The third-order valence-corrected chi connectivity index (χ3v) is 2.86. The molecule has 0 saturated carbocycles. The van der Waals surface area contributed by atoms with Gasteiger partial charge >= 0.3 is 11.9 Å². The minimum absolute atomic E-state index is 0.0743. The molecule has 1 aromatic rings. The molecule has 0 radical (unpaired) electrons. The van der Waals surface area contributed by atoms with E-state index in [0.29, 0.717) is 13.0 Å². The molecule has 6 heteroatoms. The summed E-state index contributed by atoms with van der Waals surface area (Å²) >= 11 is 5.80. The summed E-state index contributed by atoms with van der Waals surface area (Å²) in [6.07, 6.45) is 0.566. The fraction of sp³-hybridized carbons (Fsp3) is 0.429. The summed E-state index contributed by atoms with van der Waals surface area (Å²) < 4.78 is 23.0. The van der Waals surface area contributed by atoms with Crippen molar-refractivity contribution in [1.82, 2.24) is 0 Å². The minimum atomic E-state index is -0.517. The van der Waals surface area contributed by atoms with E-state index in [-0.39, 0.29) is 36.0 Å². The summed E-state index contributed by atoms with van der Waals surface area (Å²) in [7, 11) is 0. The average molecular weight is 303 g/mol. The molecule has 20 heavy (non-hydrogen) atoms. The fourth-order valence-electron chi connectivity index (χ4n) is 1.51. The topological polar surface area (TPSA) is 52.6 Å². The van der Waals surface area contributed by atoms with Gasteiger partial charge in [-0.2, -0.15) is 0 Å². The van der Waals surface area contributed by atoms with Gasteiger partial charge in [0.2, 0.25) is 0 Å². The molecule has 0 unspecified atom stereocenters. The molecule has 0 amide bonds. The molecule has 0 aromatic heterocycles. The molecular weight excluding hydrogens is 287 g/mol. The Hall–Kier alpha value is -1.62. The molecule has 0 spiro atoms. The number of carbonyl (C=O) groups excluding carboxylic acids is 2. The van der Waals surface area contributed by atoms with Crippen LogP contribution in [0.1, 0.15) is 31.7 Å². The van der Waals surface area contributed by atoms with Gasteiger partial charge in [0.05, 0.1) is 11.6 Å². The molecule has 0 N–H and O–H groups in total. The molecule has 0 saturated heterocycles. The van der Waals surface area contributed by atoms with Crippen molar-refractivity contribution in [3.63, 3.8) is 0 Å². The lowest BCUT2D eigenvalue weighted by Crippen LogP contribution is -2.08. The average Bonchev–Trinajstić information content (AvgIpc) is 2.38. The van der Waals surface area contributed by atoms with Crippen molar-refractivity contribution in [3.05, 3.63) is 34.6 Å². The third-order valence-electron chi connectivity index (χ3n) is 2.51. The van der Waals surface area contributed by atoms with E-state index in [2.05, 4.69) is 0 Å². The number of halogens is 2. The van der Waals surface area contributed by atoms with Crippen LogP contribution in [0.25, 0.3) is 0 Å². The molecule has 1 rings (SSSR count). The Morgan fingerprint density at radius 2 is 1.85 bits per heavy atom. The van der Waals surface area contributed by atoms with Crippen LogP contribution >= 0.6 is 11.6 Å². The zero-order valence-electron chi connectivity index (χ0n) is 11.2. The molecule has 0 bridgehead atoms. The molecule has 0 fully saturated rings. The highest BCUT2D eigenvalue weighted by Crippen LogP contribution is 2.20. The van der Waals surface area contributed by atoms with E-state index in [9.17, 15) is 14.0 Å². The number of esters is 2. The Bertz CT molecular complexity index is 456. The van der Waals surface area contributed by atoms with E-state index in [4.69, 9.17) is 21.1 Å². The molecule has 1 aromatic carbocycles. The molecular formula is C14H16ClFO4. The number of carbonyl (C=O) groups is 2. The van der Waals surface area contributed by atoms with E-state index in [1.54, 1.807) is 6.92 Å². The summed E-state index contributed by atoms with van der Waals surface area (Å²) in [6.45, 7) is 1.81. The van der Waals surface area contributed by atoms with Crippen LogP contribution in [0, 0.1) is 5.82 Å². The van der Waals surface area contributed by atoms with Crippen molar-refractivity contribution in [1.29, 1.82) is 0 Å². The molecule has 0 atom stereocenters. The van der Waals surface area contributed by atoms with Crippen LogP contribution in [0.2, 0.25) is 5.02 Å². The first-order valence-electron chi connectivity index (χ1n) is 6.28. The molecule has 110 valence electrons. The maximum atomic E-state index is 13.4. The molecule has 4 nitrogen and oxygen atoms in total. The zero-order valence-corrected chi connectivity index (χ0v) is 11.9. The van der Waals surface area contributed by atoms with Gasteiger partial charge in [-0.15, -0.1) is 0 Å². The second-order valence-corrected chi connectivity index (χ2v) is 4.43. The highest BCUT2D eigenvalue weighted by molar-refractivity contribution is 6.31. The van der Waals surface area contributed by atoms with Gasteiger partial charge in [0.1, 0.15) is 12.4 Å². The predicted octanol–water partition coefficient (Wildman–Crippen LogP) is 3.26. The van der Waals surface area contributed by atoms with Crippen LogP contribution in [0.5, 0.6) is 0 Å². The van der Waals surface area contributed by atoms with Crippen molar-refractivity contribution >= 4 is 23.5 Å². The molecule has 0 aliphatic rings. The number of rotatable bonds is 7. The number of hydrogen-bond acceptors (Lipinski definition) is 4. The Labute approximate surface area is 121 Å². The zero-order chi connectivity index (χ0) is 15.0. The van der Waals surface area contributed by atoms with Gasteiger partial charge in [-0.1, -0.05) is 17.7 Å². The van der Waals surface area contributed by atoms with E-state index in [0.717, 1.165) is 0 Å². The smallest absolute Gasteiger partial charge is 0.306 e. The molecule has 0 heterocycles. The molecule has 0 aliphatic carbocycles. The van der Waals surface area contributed by atoms with Crippen molar-refractivity contribution in [2.24, 2.45) is 0 Å². The summed E-state index contributed by atoms with van der Waals surface area (Å²) in [6, 6.07) is 4.24. The Morgan fingerprint density at radius 3 is 2.45 bits per heavy atom. The van der Waals surface area contributed by atoms with Crippen molar-refractivity contribution in [2.45, 2.75) is 32.8 Å². The van der Waals surface area contributed by atoms with Crippen molar-refractivity contribution in [2.75, 3.05) is 6.61 Å². The lowest BCUT2D eigenvalue weighted by Gasteiger charge is -2.07. The summed E-state index contributed by atoms with van der Waals surface area (Å²) in [5.74, 6) is -1.37. The number of hydrogen-bond donors (Lipinski definition) is 0. The normalized spacial score (nSPS) is 10.2. The lowest BCUT2D eigenvalue weighted by atomic mass is 10.2. The van der Waals surface area contributed by atoms with E-state index < -0.39 is 11.8 Å². The van der Waals surface area contributed by atoms with Gasteiger partial charge in [-0.05, 0) is 25.5 Å². The second kappa shape index (κ2) is 8.53. The minimum Gasteiger partial charge on any atom is -0.466 e. The quantitative estimate of drug-likeness (QED) is 0.726. The maximum absolute atomic E-state index is 13.4. The highest BCUT2D eigenvalue weighted by atomic mass is 35.5. The third kappa shape index (κ3) is 5.57. The van der Waals surface area contributed by atoms with Gasteiger partial charge in [-0.3, -0.25) is 9.59 Å². The van der Waals surface area contributed by atoms with Crippen molar-refractivity contribution < 1.29 is 23.5 Å². The Kier molecular flexibility index (Phi) is 7.01. The summed E-state index contributed by atoms with van der Waals surface area (Å²) in [5.41, 5.74) is 0.146. The van der Waals surface area contributed by atoms with Crippen LogP contribution < -0.4 is 0 Å². The van der Waals surface area contributed by atoms with Gasteiger partial charge in [-0.25, -0.2) is 4.39 Å². The van der Waals surface area contributed by atoms with E-state index in [1.807, 2.05) is 0 Å². The predicted molar refractivity (Wildman–Crippen MR) is 71.7 cm³/mol. The van der Waals surface area contributed by atoms with E-state index in [1.165, 1.54) is 18.2 Å². The first kappa shape index (κ1) is 16.4. The first-order valence-corrected chi connectivity index (χ1v) is 6.66. The number of ether oxygens (including phenoxy) is 2. The van der Waals surface area contributed by atoms with Crippen LogP contribution in [0.3, 0.4) is 0 Å². The highest BCUT2D eigenvalue weighted by Gasteiger charge is 2.11. The Balaban J connectivity index is 2.32. The largest absolute Gasteiger partial charge is 0.466 e. The SMILES string of the molecule is CCOC(=O)CCCC(=O)OCc1c(F)cccc1Cl. The van der Waals surface area contributed by atoms with Crippen LogP contribution in [0.15, 0.2) is 18.2 Å². The fourth-order valence-corrected chi connectivity index (χ4v) is 1.72. The Morgan fingerprint density at radius 1 is 1.20 bits per heavy atom. The van der Waals surface area contributed by atoms with E-state index >= 15 is 0 Å². The number of benzene rings is 1. The standard InChI is InChI=1S/C14H16ClFO4/c1-2-19-13(17)7-4-8-14(18)20-9-10-11(15)5-3-6-12(10)16/h3,5-6H,2,4,7-9H2,1H3. The van der Waals surface area contributed by atoms with Gasteiger partial charge < -0.3 is 9.47 Å². The monoisotopic (exact) mass is 302 g/mol. The first-order chi connectivity index (χ1) is 9.54. The van der Waals surface area contributed by atoms with Gasteiger partial charge in [0.25, 0.3) is 0 Å². The summed E-state index contributed by atoms with van der Waals surface area (Å²) in [4.78, 5) is 22.5. The maximum Gasteiger partial charge on any atom is 0.306 e. The molecule has 0 aliphatic heterocycles. The van der Waals surface area contributed by atoms with Crippen LogP contribution in [0.4, 0.5) is 4.39 Å². The summed E-state index contributed by atoms with van der Waals surface area (Å²) in [5, 5.41) is 0.212.